The molecular formula is C23H19N5O4. The van der Waals surface area contributed by atoms with Gasteiger partial charge in [0.2, 0.25) is 5.95 Å². The van der Waals surface area contributed by atoms with E-state index in [4.69, 9.17) is 9.15 Å². The van der Waals surface area contributed by atoms with E-state index >= 15 is 0 Å². The maximum Gasteiger partial charge on any atom is 0.413 e. The van der Waals surface area contributed by atoms with Gasteiger partial charge in [-0.15, -0.1) is 0 Å². The van der Waals surface area contributed by atoms with Crippen LogP contribution in [0.5, 0.6) is 0 Å². The number of ether oxygens (including phenoxy) is 1. The molecule has 0 bridgehead atoms. The number of hydrogen-bond donors (Lipinski definition) is 3. The molecule has 32 heavy (non-hydrogen) atoms. The molecule has 0 saturated heterocycles. The van der Waals surface area contributed by atoms with Crippen LogP contribution in [-0.4, -0.2) is 32.9 Å². The fraction of sp³-hybridized carbons (Fsp3) is 0.130. The quantitative estimate of drug-likeness (QED) is 0.384. The number of hydrogen-bond acceptors (Lipinski definition) is 6. The minimum atomic E-state index is -0.561. The van der Waals surface area contributed by atoms with E-state index in [-0.39, 0.29) is 12.2 Å². The van der Waals surface area contributed by atoms with Gasteiger partial charge in [0.25, 0.3) is 5.56 Å². The fourth-order valence-electron chi connectivity index (χ4n) is 3.61. The molecule has 0 fully saturated rings. The Bertz CT molecular complexity index is 1500. The first-order valence-electron chi connectivity index (χ1n) is 10.1. The summed E-state index contributed by atoms with van der Waals surface area (Å²) < 4.78 is 10.6. The fourth-order valence-corrected chi connectivity index (χ4v) is 3.61. The van der Waals surface area contributed by atoms with Gasteiger partial charge in [-0.1, -0.05) is 24.3 Å². The van der Waals surface area contributed by atoms with Crippen molar-refractivity contribution in [1.82, 2.24) is 20.2 Å². The lowest BCUT2D eigenvalue weighted by atomic mass is 10.1. The average molecular weight is 429 g/mol. The number of aromatic amines is 2. The van der Waals surface area contributed by atoms with Gasteiger partial charge in [0.1, 0.15) is 5.76 Å². The van der Waals surface area contributed by atoms with E-state index < -0.39 is 6.09 Å². The molecule has 5 rings (SSSR count). The van der Waals surface area contributed by atoms with Crippen molar-refractivity contribution in [1.29, 1.82) is 0 Å². The van der Waals surface area contributed by atoms with Gasteiger partial charge in [-0.3, -0.25) is 10.1 Å². The second kappa shape index (κ2) is 8.03. The maximum atomic E-state index is 12.0. The third-order valence-electron chi connectivity index (χ3n) is 5.08. The van der Waals surface area contributed by atoms with Crippen molar-refractivity contribution in [3.05, 3.63) is 76.6 Å². The number of nitrogens with zero attached hydrogens (tertiary/aromatic N) is 2. The second-order valence-corrected chi connectivity index (χ2v) is 7.19. The molecule has 9 nitrogen and oxygen atoms in total. The number of nitrogens with one attached hydrogen (secondary N) is 3. The predicted octanol–water partition coefficient (Wildman–Crippen LogP) is 4.22. The summed E-state index contributed by atoms with van der Waals surface area (Å²) in [4.78, 5) is 31.0. The first-order chi connectivity index (χ1) is 15.6. The second-order valence-electron chi connectivity index (χ2n) is 7.19. The summed E-state index contributed by atoms with van der Waals surface area (Å²) in [7, 11) is 0. The minimum Gasteiger partial charge on any atom is -0.468 e. The van der Waals surface area contributed by atoms with Gasteiger partial charge in [-0.2, -0.15) is 5.10 Å². The Hall–Kier alpha value is -4.40. The van der Waals surface area contributed by atoms with Crippen LogP contribution in [0, 0.1) is 0 Å². The van der Waals surface area contributed by atoms with Crippen molar-refractivity contribution >= 4 is 33.8 Å². The van der Waals surface area contributed by atoms with E-state index in [0.29, 0.717) is 23.3 Å². The molecule has 3 aromatic heterocycles. The number of fused-ring (bicyclic) bond motifs is 2. The van der Waals surface area contributed by atoms with Gasteiger partial charge in [0, 0.05) is 10.9 Å². The van der Waals surface area contributed by atoms with Crippen LogP contribution in [0.25, 0.3) is 32.9 Å². The van der Waals surface area contributed by atoms with Crippen LogP contribution in [0.1, 0.15) is 18.4 Å². The first-order valence-corrected chi connectivity index (χ1v) is 10.1. The van der Waals surface area contributed by atoms with E-state index in [1.165, 1.54) is 0 Å². The monoisotopic (exact) mass is 429 g/mol. The average Bonchev–Trinajstić information content (AvgIpc) is 3.42. The highest BCUT2D eigenvalue weighted by atomic mass is 16.5. The van der Waals surface area contributed by atoms with Gasteiger partial charge >= 0.3 is 6.09 Å². The largest absolute Gasteiger partial charge is 0.468 e. The number of carbonyl (C=O) groups is 1. The van der Waals surface area contributed by atoms with E-state index in [0.717, 1.165) is 33.5 Å². The molecule has 0 aliphatic carbocycles. The molecule has 0 aliphatic rings. The van der Waals surface area contributed by atoms with E-state index in [9.17, 15) is 9.59 Å². The molecule has 0 aliphatic heterocycles. The van der Waals surface area contributed by atoms with Crippen molar-refractivity contribution in [2.45, 2.75) is 13.3 Å². The number of carbonyl (C=O) groups excluding carboxylic acids is 1. The summed E-state index contributed by atoms with van der Waals surface area (Å²) in [5, 5.41) is 10.7. The summed E-state index contributed by atoms with van der Waals surface area (Å²) in [6, 6.07) is 15.0. The van der Waals surface area contributed by atoms with Gasteiger partial charge in [0.15, 0.2) is 0 Å². The number of anilines is 1. The zero-order chi connectivity index (χ0) is 22.1. The normalized spacial score (nSPS) is 11.2. The van der Waals surface area contributed by atoms with Crippen LogP contribution in [0.15, 0.2) is 64.0 Å². The zero-order valence-corrected chi connectivity index (χ0v) is 17.1. The molecule has 9 heteroatoms. The number of aromatic nitrogens is 4. The number of imidazole rings is 1. The van der Waals surface area contributed by atoms with Crippen LogP contribution in [0.3, 0.4) is 0 Å². The Morgan fingerprint density at radius 2 is 1.97 bits per heavy atom. The Balaban J connectivity index is 1.40. The molecule has 0 unspecified atom stereocenters. The lowest BCUT2D eigenvalue weighted by Gasteiger charge is -2.02. The van der Waals surface area contributed by atoms with Gasteiger partial charge in [0.05, 0.1) is 41.4 Å². The van der Waals surface area contributed by atoms with Crippen LogP contribution in [-0.2, 0) is 11.2 Å². The number of furan rings is 1. The smallest absolute Gasteiger partial charge is 0.413 e. The summed E-state index contributed by atoms with van der Waals surface area (Å²) in [6.45, 7) is 2.02. The lowest BCUT2D eigenvalue weighted by molar-refractivity contribution is 0.167. The lowest BCUT2D eigenvalue weighted by Crippen LogP contribution is -2.14. The van der Waals surface area contributed by atoms with Crippen LogP contribution in [0.4, 0.5) is 10.7 Å². The van der Waals surface area contributed by atoms with Gasteiger partial charge in [-0.05, 0) is 36.8 Å². The zero-order valence-electron chi connectivity index (χ0n) is 17.1. The molecule has 0 saturated carbocycles. The molecule has 160 valence electrons. The van der Waals surface area contributed by atoms with Crippen molar-refractivity contribution in [3.63, 3.8) is 0 Å². The molecule has 1 amide bonds. The molecule has 2 aromatic carbocycles. The summed E-state index contributed by atoms with van der Waals surface area (Å²) in [6.07, 6.45) is 1.56. The molecule has 3 N–H and O–H groups in total. The van der Waals surface area contributed by atoms with E-state index in [1.54, 1.807) is 19.3 Å². The number of amides is 1. The summed E-state index contributed by atoms with van der Waals surface area (Å²) >= 11 is 0. The van der Waals surface area contributed by atoms with Crippen molar-refractivity contribution in [2.24, 2.45) is 0 Å². The third-order valence-corrected chi connectivity index (χ3v) is 5.08. The highest BCUT2D eigenvalue weighted by Gasteiger charge is 2.12. The summed E-state index contributed by atoms with van der Waals surface area (Å²) in [5.74, 6) is 1.04. The molecule has 0 radical (unpaired) electrons. The number of rotatable bonds is 5. The SMILES string of the molecule is CCOC(=O)Nc1nc2ccc(-c3coc(Cc4n[nH]c(=O)c5ccccc45)c3)cc2[nH]1. The molecule has 0 spiro atoms. The minimum absolute atomic E-state index is 0.214. The van der Waals surface area contributed by atoms with Crippen LogP contribution in [0.2, 0.25) is 0 Å². The standard InChI is InChI=1S/C23H19N5O4/c1-2-31-23(30)26-22-24-18-8-7-13(10-20(18)25-22)14-9-15(32-12-14)11-19-16-5-3-4-6-17(16)21(29)28-27-19/h3-10,12H,2,11H2,1H3,(H,28,29)(H2,24,25,26,30). The Morgan fingerprint density at radius 3 is 2.81 bits per heavy atom. The third kappa shape index (κ3) is 3.71. The van der Waals surface area contributed by atoms with Crippen molar-refractivity contribution < 1.29 is 13.9 Å². The molecule has 5 aromatic rings. The topological polar surface area (TPSA) is 126 Å². The Labute approximate surface area is 181 Å². The Morgan fingerprint density at radius 1 is 1.12 bits per heavy atom. The van der Waals surface area contributed by atoms with Crippen LogP contribution < -0.4 is 10.9 Å². The predicted molar refractivity (Wildman–Crippen MR) is 120 cm³/mol. The van der Waals surface area contributed by atoms with Gasteiger partial charge < -0.3 is 14.1 Å². The highest BCUT2D eigenvalue weighted by Crippen LogP contribution is 2.27. The van der Waals surface area contributed by atoms with Gasteiger partial charge in [-0.25, -0.2) is 14.9 Å². The van der Waals surface area contributed by atoms with E-state index in [2.05, 4.69) is 25.5 Å². The number of H-pyrrole nitrogens is 2. The van der Waals surface area contributed by atoms with Crippen molar-refractivity contribution in [2.75, 3.05) is 11.9 Å². The Kier molecular flexibility index (Phi) is 4.91. The van der Waals surface area contributed by atoms with E-state index in [1.807, 2.05) is 42.5 Å². The molecule has 3 heterocycles. The highest BCUT2D eigenvalue weighted by molar-refractivity contribution is 5.88. The summed E-state index contributed by atoms with van der Waals surface area (Å²) in [5.41, 5.74) is 3.83. The molecule has 0 atom stereocenters. The van der Waals surface area contributed by atoms with Crippen molar-refractivity contribution in [3.8, 4) is 11.1 Å². The first kappa shape index (κ1) is 19.6. The maximum absolute atomic E-state index is 12.0. The van der Waals surface area contributed by atoms with Crippen LogP contribution >= 0.6 is 0 Å². The number of benzene rings is 2. The molecular weight excluding hydrogens is 410 g/mol.